The third-order valence-electron chi connectivity index (χ3n) is 3.03. The summed E-state index contributed by atoms with van der Waals surface area (Å²) in [6.45, 7) is 3.78. The Morgan fingerprint density at radius 1 is 1.50 bits per heavy atom. The van der Waals surface area contributed by atoms with Gasteiger partial charge in [-0.25, -0.2) is 4.98 Å². The van der Waals surface area contributed by atoms with Crippen molar-refractivity contribution in [1.82, 2.24) is 19.6 Å². The van der Waals surface area contributed by atoms with E-state index >= 15 is 0 Å². The van der Waals surface area contributed by atoms with Gasteiger partial charge in [0.15, 0.2) is 15.2 Å². The van der Waals surface area contributed by atoms with Crippen molar-refractivity contribution in [1.29, 1.82) is 0 Å². The zero-order valence-corrected chi connectivity index (χ0v) is 13.5. The smallest absolute Gasteiger partial charge is 0.266 e. The molecule has 3 rings (SSSR count). The number of carbonyl (C=O) groups excluding carboxylic acids is 2. The van der Waals surface area contributed by atoms with Gasteiger partial charge >= 0.3 is 0 Å². The average Bonchev–Trinajstić information content (AvgIpc) is 3.01. The third kappa shape index (κ3) is 2.35. The maximum atomic E-state index is 12.4. The molecule has 0 saturated carbocycles. The number of amides is 2. The van der Waals surface area contributed by atoms with Crippen molar-refractivity contribution in [2.24, 2.45) is 0 Å². The third-order valence-corrected chi connectivity index (χ3v) is 4.39. The van der Waals surface area contributed by atoms with Crippen molar-refractivity contribution in [2.75, 3.05) is 6.54 Å². The van der Waals surface area contributed by atoms with Gasteiger partial charge in [-0.2, -0.15) is 0 Å². The highest BCUT2D eigenvalue weighted by Crippen LogP contribution is 2.24. The molecule has 0 radical (unpaired) electrons. The van der Waals surface area contributed by atoms with Crippen molar-refractivity contribution < 1.29 is 9.59 Å². The van der Waals surface area contributed by atoms with E-state index < -0.39 is 11.8 Å². The molecule has 1 N–H and O–H groups in total. The minimum absolute atomic E-state index is 0.0506. The van der Waals surface area contributed by atoms with E-state index in [1.807, 2.05) is 5.38 Å². The molecule has 112 valence electrons. The van der Waals surface area contributed by atoms with Crippen LogP contribution in [0, 0.1) is 0 Å². The van der Waals surface area contributed by atoms with Crippen molar-refractivity contribution in [3.63, 3.8) is 0 Å². The van der Waals surface area contributed by atoms with Crippen LogP contribution >= 0.6 is 35.2 Å². The van der Waals surface area contributed by atoms with Crippen LogP contribution in [0.15, 0.2) is 29.8 Å². The van der Waals surface area contributed by atoms with E-state index in [-0.39, 0.29) is 22.4 Å². The Balaban J connectivity index is 2.08. The van der Waals surface area contributed by atoms with Gasteiger partial charge in [0, 0.05) is 18.1 Å². The number of halogens is 1. The average molecular weight is 353 g/mol. The summed E-state index contributed by atoms with van der Waals surface area (Å²) in [4.78, 5) is 30.6. The normalized spacial score (nSPS) is 17.4. The Kier molecular flexibility index (Phi) is 3.81. The Hall–Kier alpha value is -2.03. The SMILES string of the molecule is C=CCN1C(=O)/C(=C/c2c(Cl)nc3sccn23)C(=O)NC1=S. The Morgan fingerprint density at radius 2 is 2.27 bits per heavy atom. The molecule has 9 heteroatoms. The molecule has 1 aliphatic heterocycles. The van der Waals surface area contributed by atoms with Gasteiger partial charge in [0.1, 0.15) is 5.57 Å². The number of hydrogen-bond acceptors (Lipinski definition) is 5. The van der Waals surface area contributed by atoms with Crippen LogP contribution in [-0.2, 0) is 9.59 Å². The predicted molar refractivity (Wildman–Crippen MR) is 88.7 cm³/mol. The number of carbonyl (C=O) groups is 2. The van der Waals surface area contributed by atoms with Gasteiger partial charge in [0.05, 0.1) is 5.69 Å². The zero-order chi connectivity index (χ0) is 15.9. The van der Waals surface area contributed by atoms with E-state index in [0.717, 1.165) is 0 Å². The van der Waals surface area contributed by atoms with Crippen LogP contribution in [0.1, 0.15) is 5.69 Å². The van der Waals surface area contributed by atoms with Gasteiger partial charge in [0.2, 0.25) is 0 Å². The first-order valence-electron chi connectivity index (χ1n) is 6.13. The minimum atomic E-state index is -0.559. The van der Waals surface area contributed by atoms with E-state index in [1.165, 1.54) is 28.4 Å². The molecule has 0 atom stereocenters. The van der Waals surface area contributed by atoms with E-state index in [0.29, 0.717) is 10.7 Å². The number of nitrogens with zero attached hydrogens (tertiary/aromatic N) is 3. The summed E-state index contributed by atoms with van der Waals surface area (Å²) in [7, 11) is 0. The van der Waals surface area contributed by atoms with E-state index in [1.54, 1.807) is 10.6 Å². The lowest BCUT2D eigenvalue weighted by Gasteiger charge is -2.27. The second kappa shape index (κ2) is 5.64. The van der Waals surface area contributed by atoms with Crippen LogP contribution in [0.3, 0.4) is 0 Å². The van der Waals surface area contributed by atoms with Crippen LogP contribution in [0.2, 0.25) is 5.15 Å². The number of aromatic nitrogens is 2. The summed E-state index contributed by atoms with van der Waals surface area (Å²) in [5.74, 6) is -1.05. The van der Waals surface area contributed by atoms with Gasteiger partial charge in [-0.3, -0.25) is 24.2 Å². The molecule has 3 heterocycles. The fourth-order valence-electron chi connectivity index (χ4n) is 2.03. The maximum Gasteiger partial charge on any atom is 0.266 e. The Morgan fingerprint density at radius 3 is 3.00 bits per heavy atom. The van der Waals surface area contributed by atoms with Crippen LogP contribution in [0.5, 0.6) is 0 Å². The number of fused-ring (bicyclic) bond motifs is 1. The van der Waals surface area contributed by atoms with Gasteiger partial charge in [-0.05, 0) is 18.3 Å². The number of rotatable bonds is 3. The van der Waals surface area contributed by atoms with Crippen molar-refractivity contribution >= 4 is 63.1 Å². The minimum Gasteiger partial charge on any atom is -0.298 e. The molecule has 1 fully saturated rings. The summed E-state index contributed by atoms with van der Waals surface area (Å²) in [6, 6.07) is 0. The largest absolute Gasteiger partial charge is 0.298 e. The van der Waals surface area contributed by atoms with Crippen molar-refractivity contribution in [3.8, 4) is 0 Å². The summed E-state index contributed by atoms with van der Waals surface area (Å²) < 4.78 is 1.71. The second-order valence-corrected chi connectivity index (χ2v) is 5.98. The van der Waals surface area contributed by atoms with Gasteiger partial charge in [-0.15, -0.1) is 17.9 Å². The summed E-state index contributed by atoms with van der Waals surface area (Å²) in [5.41, 5.74) is 0.424. The predicted octanol–water partition coefficient (Wildman–Crippen LogP) is 1.86. The Labute approximate surface area is 139 Å². The molecule has 2 aromatic heterocycles. The highest BCUT2D eigenvalue weighted by molar-refractivity contribution is 7.80. The molecule has 2 amide bonds. The van der Waals surface area contributed by atoms with Crippen LogP contribution < -0.4 is 5.32 Å². The summed E-state index contributed by atoms with van der Waals surface area (Å²) in [6.07, 6.45) is 4.72. The molecule has 2 aromatic rings. The lowest BCUT2D eigenvalue weighted by atomic mass is 10.1. The molecular weight excluding hydrogens is 344 g/mol. The summed E-state index contributed by atoms with van der Waals surface area (Å²) in [5, 5.41) is 4.60. The highest BCUT2D eigenvalue weighted by Gasteiger charge is 2.33. The Bertz CT molecular complexity index is 851. The monoisotopic (exact) mass is 352 g/mol. The first-order chi connectivity index (χ1) is 10.5. The molecule has 1 saturated heterocycles. The van der Waals surface area contributed by atoms with Crippen LogP contribution in [0.4, 0.5) is 0 Å². The van der Waals surface area contributed by atoms with Crippen LogP contribution in [-0.4, -0.2) is 37.8 Å². The van der Waals surface area contributed by atoms with E-state index in [9.17, 15) is 9.59 Å². The fourth-order valence-corrected chi connectivity index (χ4v) is 3.28. The number of thiazole rings is 1. The molecular formula is C13H9ClN4O2S2. The molecule has 1 aliphatic rings. The number of hydrogen-bond donors (Lipinski definition) is 1. The van der Waals surface area contributed by atoms with Crippen LogP contribution in [0.25, 0.3) is 11.0 Å². The molecule has 0 aromatic carbocycles. The van der Waals surface area contributed by atoms with Crippen molar-refractivity contribution in [3.05, 3.63) is 40.7 Å². The topological polar surface area (TPSA) is 66.7 Å². The summed E-state index contributed by atoms with van der Waals surface area (Å²) >= 11 is 12.5. The number of nitrogens with one attached hydrogen (secondary N) is 1. The van der Waals surface area contributed by atoms with Gasteiger partial charge < -0.3 is 0 Å². The van der Waals surface area contributed by atoms with E-state index in [4.69, 9.17) is 23.8 Å². The van der Waals surface area contributed by atoms with Gasteiger partial charge in [0.25, 0.3) is 11.8 Å². The molecule has 0 bridgehead atoms. The molecule has 0 spiro atoms. The van der Waals surface area contributed by atoms with E-state index in [2.05, 4.69) is 16.9 Å². The standard InChI is InChI=1S/C13H9ClN4O2S2/c1-2-3-18-11(20)7(10(19)16-12(18)21)6-8-9(14)15-13-17(8)4-5-22-13/h2,4-6H,1,3H2,(H,16,19,21)/b7-6+. The number of imidazole rings is 1. The highest BCUT2D eigenvalue weighted by atomic mass is 35.5. The lowest BCUT2D eigenvalue weighted by molar-refractivity contribution is -0.128. The first-order valence-corrected chi connectivity index (χ1v) is 7.80. The molecule has 22 heavy (non-hydrogen) atoms. The fraction of sp³-hybridized carbons (Fsp3) is 0.0769. The zero-order valence-electron chi connectivity index (χ0n) is 11.1. The number of thiocarbonyl (C=S) groups is 1. The van der Waals surface area contributed by atoms with Gasteiger partial charge in [-0.1, -0.05) is 17.7 Å². The lowest BCUT2D eigenvalue weighted by Crippen LogP contribution is -2.53. The molecule has 0 unspecified atom stereocenters. The maximum absolute atomic E-state index is 12.4. The second-order valence-electron chi connectivity index (χ2n) is 4.37. The van der Waals surface area contributed by atoms with Crippen molar-refractivity contribution in [2.45, 2.75) is 0 Å². The quantitative estimate of drug-likeness (QED) is 0.396. The molecule has 0 aliphatic carbocycles. The molecule has 6 nitrogen and oxygen atoms in total. The first kappa shape index (κ1) is 14.9.